The summed E-state index contributed by atoms with van der Waals surface area (Å²) in [6.45, 7) is 8.39. The van der Waals surface area contributed by atoms with Crippen LogP contribution in [0.15, 0.2) is 18.2 Å². The van der Waals surface area contributed by atoms with Gasteiger partial charge in [0.05, 0.1) is 0 Å². The van der Waals surface area contributed by atoms with Gasteiger partial charge in [0.1, 0.15) is 0 Å². The summed E-state index contributed by atoms with van der Waals surface area (Å²) in [4.78, 5) is 10.6. The maximum atomic E-state index is 10.6. The third-order valence-corrected chi connectivity index (χ3v) is 5.63. The van der Waals surface area contributed by atoms with Gasteiger partial charge < -0.3 is 16.0 Å². The van der Waals surface area contributed by atoms with E-state index in [1.54, 1.807) is 36.0 Å². The van der Waals surface area contributed by atoms with Crippen molar-refractivity contribution in [2.45, 2.75) is 20.0 Å². The van der Waals surface area contributed by atoms with Crippen molar-refractivity contribution >= 4 is 44.5 Å². The largest absolute Gasteiger partial charge is 0.386 e. The number of halogens is 1. The van der Waals surface area contributed by atoms with Gasteiger partial charge in [0.25, 0.3) is 0 Å². The molecule has 0 unspecified atom stereocenters. The van der Waals surface area contributed by atoms with Gasteiger partial charge in [-0.05, 0) is 25.6 Å². The zero-order valence-electron chi connectivity index (χ0n) is 15.2. The number of hydrogen-bond acceptors (Lipinski definition) is 6. The molecule has 0 aromatic heterocycles. The second kappa shape index (κ2) is 14.2. The van der Waals surface area contributed by atoms with Crippen LogP contribution in [0, 0.1) is 14.1 Å². The maximum absolute atomic E-state index is 10.6. The molecule has 0 spiro atoms. The van der Waals surface area contributed by atoms with E-state index in [2.05, 4.69) is 27.8 Å². The smallest absolute Gasteiger partial charge is 0.00595 e. The topological polar surface area (TPSA) is 32.8 Å². The molecule has 1 aliphatic heterocycles. The summed E-state index contributed by atoms with van der Waals surface area (Å²) < 4.78 is 12.0. The Balaban J connectivity index is 0.000000495. The number of nitrogens with zero attached hydrogens (tertiary/aromatic N) is 2. The van der Waals surface area contributed by atoms with Gasteiger partial charge in [-0.15, -0.1) is 23.9 Å². The summed E-state index contributed by atoms with van der Waals surface area (Å²) in [5.41, 5.74) is 1.55. The van der Waals surface area contributed by atoms with Crippen LogP contribution in [0.1, 0.15) is 29.8 Å². The SMILES string of the molecule is CC(C)Oc1ccc(C=O)cc1[CH]=[Ru][Cl].CSN1[CH-]N(SC)CC1.[CH3-]. The Bertz CT molecular complexity index is 537. The van der Waals surface area contributed by atoms with Crippen molar-refractivity contribution in [3.8, 4) is 5.75 Å². The molecule has 2 rings (SSSR count). The average Bonchev–Trinajstić information content (AvgIpc) is 3.05. The molecule has 0 radical (unpaired) electrons. The fourth-order valence-electron chi connectivity index (χ4n) is 1.86. The Kier molecular flexibility index (Phi) is 14.2. The van der Waals surface area contributed by atoms with Crippen LogP contribution in [0.25, 0.3) is 0 Å². The summed E-state index contributed by atoms with van der Waals surface area (Å²) in [5, 5.41) is 0. The molecule has 25 heavy (non-hydrogen) atoms. The van der Waals surface area contributed by atoms with Crippen molar-refractivity contribution in [1.82, 2.24) is 8.61 Å². The quantitative estimate of drug-likeness (QED) is 0.254. The summed E-state index contributed by atoms with van der Waals surface area (Å²) in [7, 11) is 5.73. The van der Waals surface area contributed by atoms with Crippen LogP contribution in [0.2, 0.25) is 0 Å². The van der Waals surface area contributed by atoms with E-state index in [1.165, 1.54) is 0 Å². The third kappa shape index (κ3) is 9.55. The standard InChI is InChI=1S/C11H12O2.C5H11N2S2.CH3.ClH.Ru/c1-8(2)13-11-5-4-10(7-12)6-9(11)3;1-8-6-3-4-7(5-6)9-2;;;/h3-8H,1-2H3;5H,3-4H2,1-2H3;1H3;1H;/q;2*-1;;+1/p-1. The second-order valence-electron chi connectivity index (χ2n) is 5.02. The van der Waals surface area contributed by atoms with Crippen LogP contribution in [0.4, 0.5) is 0 Å². The van der Waals surface area contributed by atoms with Crippen LogP contribution < -0.4 is 4.74 Å². The van der Waals surface area contributed by atoms with E-state index < -0.39 is 0 Å². The van der Waals surface area contributed by atoms with Gasteiger partial charge in [-0.25, -0.2) is 0 Å². The molecule has 145 valence electrons. The zero-order chi connectivity index (χ0) is 17.9. The molecule has 1 fully saturated rings. The van der Waals surface area contributed by atoms with Gasteiger partial charge >= 0.3 is 101 Å². The number of benzene rings is 1. The molecule has 0 amide bonds. The first-order valence-corrected chi connectivity index (χ1v) is 12.9. The molecule has 0 saturated carbocycles. The Morgan fingerprint density at radius 1 is 1.28 bits per heavy atom. The Hall–Kier alpha value is 0.0934. The Morgan fingerprint density at radius 2 is 1.88 bits per heavy atom. The van der Waals surface area contributed by atoms with Crippen molar-refractivity contribution in [3.63, 3.8) is 0 Å². The van der Waals surface area contributed by atoms with E-state index in [-0.39, 0.29) is 29.2 Å². The average molecular weight is 491 g/mol. The van der Waals surface area contributed by atoms with Crippen LogP contribution in [-0.2, 0) is 15.7 Å². The molecule has 0 aliphatic carbocycles. The molecule has 1 saturated heterocycles. The molecule has 0 N–H and O–H groups in total. The van der Waals surface area contributed by atoms with Crippen LogP contribution >= 0.6 is 33.6 Å². The van der Waals surface area contributed by atoms with Crippen molar-refractivity contribution < 1.29 is 25.2 Å². The first-order valence-electron chi connectivity index (χ1n) is 7.31. The summed E-state index contributed by atoms with van der Waals surface area (Å²) in [6, 6.07) is 5.34. The predicted octanol–water partition coefficient (Wildman–Crippen LogP) is 4.40. The maximum Gasteiger partial charge on any atom is -0.00595 e. The molecule has 8 heteroatoms. The fraction of sp³-hybridized carbons (Fsp3) is 0.412. The van der Waals surface area contributed by atoms with E-state index in [0.29, 0.717) is 5.56 Å². The molecular formula is C17H26ClN2O2RuS2-2. The molecule has 1 aliphatic rings. The minimum absolute atomic E-state index is 0. The normalized spacial score (nSPS) is 15.3. The second-order valence-corrected chi connectivity index (χ2v) is 8.49. The molecule has 0 atom stereocenters. The van der Waals surface area contributed by atoms with Gasteiger partial charge in [-0.2, -0.15) is 6.67 Å². The molecule has 1 aromatic carbocycles. The van der Waals surface area contributed by atoms with Crippen molar-refractivity contribution in [1.29, 1.82) is 0 Å². The molecule has 1 aromatic rings. The van der Waals surface area contributed by atoms with E-state index in [1.807, 2.05) is 24.5 Å². The Labute approximate surface area is 172 Å². The summed E-state index contributed by atoms with van der Waals surface area (Å²) >= 11 is 3.23. The monoisotopic (exact) mass is 491 g/mol. The number of aldehydes is 1. The van der Waals surface area contributed by atoms with Crippen molar-refractivity contribution in [2.75, 3.05) is 25.6 Å². The van der Waals surface area contributed by atoms with Crippen molar-refractivity contribution in [3.05, 3.63) is 43.4 Å². The van der Waals surface area contributed by atoms with E-state index >= 15 is 0 Å². The number of carbonyl (C=O) groups is 1. The van der Waals surface area contributed by atoms with Gasteiger partial charge in [0, 0.05) is 0 Å². The zero-order valence-corrected chi connectivity index (χ0v) is 19.3. The predicted molar refractivity (Wildman–Crippen MR) is 110 cm³/mol. The minimum Gasteiger partial charge on any atom is -0.386 e. The molecule has 0 bridgehead atoms. The van der Waals surface area contributed by atoms with Gasteiger partial charge in [0.2, 0.25) is 0 Å². The number of rotatable bonds is 6. The number of hydrogen-bond donors (Lipinski definition) is 0. The minimum atomic E-state index is -0.321. The van der Waals surface area contributed by atoms with Gasteiger partial charge in [-0.1, -0.05) is 0 Å². The van der Waals surface area contributed by atoms with Gasteiger partial charge in [-0.3, -0.25) is 0 Å². The van der Waals surface area contributed by atoms with E-state index in [0.717, 1.165) is 30.7 Å². The molecule has 4 nitrogen and oxygen atoms in total. The summed E-state index contributed by atoms with van der Waals surface area (Å²) in [5.74, 6) is 0.783. The third-order valence-electron chi connectivity index (χ3n) is 2.95. The van der Waals surface area contributed by atoms with Crippen LogP contribution in [-0.4, -0.2) is 51.2 Å². The van der Waals surface area contributed by atoms with Gasteiger partial charge in [0.15, 0.2) is 0 Å². The van der Waals surface area contributed by atoms with E-state index in [9.17, 15) is 4.79 Å². The number of carbonyl (C=O) groups excluding carboxylic acids is 1. The van der Waals surface area contributed by atoms with Crippen LogP contribution in [0.3, 0.4) is 0 Å². The fourth-order valence-corrected chi connectivity index (χ4v) is 3.95. The first-order chi connectivity index (χ1) is 11.5. The van der Waals surface area contributed by atoms with E-state index in [4.69, 9.17) is 14.4 Å². The Morgan fingerprint density at radius 3 is 2.28 bits per heavy atom. The van der Waals surface area contributed by atoms with Crippen molar-refractivity contribution in [2.24, 2.45) is 0 Å². The van der Waals surface area contributed by atoms with Crippen LogP contribution in [0.5, 0.6) is 5.75 Å². The number of ether oxygens (including phenoxy) is 1. The molecular weight excluding hydrogens is 465 g/mol. The summed E-state index contributed by atoms with van der Waals surface area (Å²) in [6.07, 6.45) is 5.13. The molecule has 1 heterocycles. The first kappa shape index (κ1) is 25.1.